The number of nitrogens with one attached hydrogen (secondary N) is 1. The number of nitriles is 1. The smallest absolute Gasteiger partial charge is 0.283 e. The normalized spacial score (nSPS) is 18.7. The third-order valence-electron chi connectivity index (χ3n) is 5.65. The summed E-state index contributed by atoms with van der Waals surface area (Å²) >= 11 is 1.11. The van der Waals surface area contributed by atoms with Crippen LogP contribution in [0.15, 0.2) is 65.3 Å². The topological polar surface area (TPSA) is 85.6 Å². The van der Waals surface area contributed by atoms with Crippen molar-refractivity contribution >= 4 is 40.5 Å². The van der Waals surface area contributed by atoms with Crippen molar-refractivity contribution in [1.82, 2.24) is 5.32 Å². The van der Waals surface area contributed by atoms with Gasteiger partial charge in [0, 0.05) is 0 Å². The zero-order valence-corrected chi connectivity index (χ0v) is 18.8. The second kappa shape index (κ2) is 10.0. The van der Waals surface area contributed by atoms with Gasteiger partial charge in [0.15, 0.2) is 5.17 Å². The van der Waals surface area contributed by atoms with Crippen molar-refractivity contribution in [3.63, 3.8) is 0 Å². The number of aliphatic imine (C=N–C) groups is 1. The molecule has 1 aliphatic carbocycles. The molecule has 4 rings (SSSR count). The van der Waals surface area contributed by atoms with Gasteiger partial charge in [-0.3, -0.25) is 14.5 Å². The van der Waals surface area contributed by atoms with Gasteiger partial charge in [0.1, 0.15) is 17.1 Å². The molecule has 0 saturated heterocycles. The van der Waals surface area contributed by atoms with Crippen LogP contribution in [-0.4, -0.2) is 28.3 Å². The molecule has 1 fully saturated rings. The molecule has 168 valence electrons. The molecule has 0 radical (unpaired) electrons. The van der Waals surface area contributed by atoms with Crippen LogP contribution in [0.5, 0.6) is 0 Å². The summed E-state index contributed by atoms with van der Waals surface area (Å²) in [5.41, 5.74) is 0.693. The first kappa shape index (κ1) is 22.7. The highest BCUT2D eigenvalue weighted by Crippen LogP contribution is 2.31. The fraction of sp³-hybridized carbons (Fsp3) is 0.280. The SMILES string of the molecule is N#CC1(NC(=O)CSC2=N/C(=C/c3ccccc3)C(=O)N2c2ccc(F)cc2)CCCCC1. The Bertz CT molecular complexity index is 1130. The molecular formula is C25H23FN4O2S. The highest BCUT2D eigenvalue weighted by Gasteiger charge is 2.35. The maximum Gasteiger partial charge on any atom is 0.283 e. The molecule has 6 nitrogen and oxygen atoms in total. The molecule has 1 N–H and O–H groups in total. The molecule has 8 heteroatoms. The van der Waals surface area contributed by atoms with Gasteiger partial charge in [-0.15, -0.1) is 0 Å². The van der Waals surface area contributed by atoms with E-state index >= 15 is 0 Å². The second-order valence-corrected chi connectivity index (χ2v) is 8.99. The zero-order chi connectivity index (χ0) is 23.3. The van der Waals surface area contributed by atoms with Gasteiger partial charge in [0.05, 0.1) is 17.5 Å². The fourth-order valence-electron chi connectivity index (χ4n) is 3.97. The number of amidine groups is 1. The maximum absolute atomic E-state index is 13.4. The molecule has 0 aromatic heterocycles. The number of carbonyl (C=O) groups is 2. The van der Waals surface area contributed by atoms with Gasteiger partial charge in [-0.25, -0.2) is 9.38 Å². The van der Waals surface area contributed by atoms with Gasteiger partial charge in [-0.05, 0) is 48.7 Å². The number of anilines is 1. The number of benzene rings is 2. The Hall–Kier alpha value is -3.44. The summed E-state index contributed by atoms with van der Waals surface area (Å²) in [6.07, 6.45) is 5.85. The average Bonchev–Trinajstić information content (AvgIpc) is 3.14. The minimum absolute atomic E-state index is 0.00581. The van der Waals surface area contributed by atoms with Gasteiger partial charge in [-0.2, -0.15) is 5.26 Å². The van der Waals surface area contributed by atoms with E-state index in [9.17, 15) is 19.2 Å². The van der Waals surface area contributed by atoms with Crippen LogP contribution < -0.4 is 10.2 Å². The Morgan fingerprint density at radius 1 is 1.15 bits per heavy atom. The highest BCUT2D eigenvalue weighted by atomic mass is 32.2. The van der Waals surface area contributed by atoms with Crippen molar-refractivity contribution in [3.8, 4) is 6.07 Å². The van der Waals surface area contributed by atoms with E-state index in [-0.39, 0.29) is 23.3 Å². The molecule has 1 saturated carbocycles. The third-order valence-corrected chi connectivity index (χ3v) is 6.59. The van der Waals surface area contributed by atoms with Crippen molar-refractivity contribution in [1.29, 1.82) is 5.26 Å². The number of carbonyl (C=O) groups excluding carboxylic acids is 2. The van der Waals surface area contributed by atoms with E-state index in [1.807, 2.05) is 30.3 Å². The molecule has 2 aliphatic rings. The van der Waals surface area contributed by atoms with Crippen LogP contribution in [0.1, 0.15) is 37.7 Å². The lowest BCUT2D eigenvalue weighted by Crippen LogP contribution is -2.49. The van der Waals surface area contributed by atoms with E-state index in [1.54, 1.807) is 6.08 Å². The molecule has 2 aromatic carbocycles. The number of hydrogen-bond acceptors (Lipinski definition) is 5. The van der Waals surface area contributed by atoms with E-state index in [1.165, 1.54) is 29.2 Å². The molecule has 2 amide bonds. The van der Waals surface area contributed by atoms with Gasteiger partial charge in [0.2, 0.25) is 5.91 Å². The van der Waals surface area contributed by atoms with E-state index < -0.39 is 11.4 Å². The van der Waals surface area contributed by atoms with Crippen molar-refractivity contribution in [2.75, 3.05) is 10.7 Å². The predicted molar refractivity (Wildman–Crippen MR) is 128 cm³/mol. The molecular weight excluding hydrogens is 439 g/mol. The molecule has 33 heavy (non-hydrogen) atoms. The Morgan fingerprint density at radius 2 is 1.85 bits per heavy atom. The number of nitrogens with zero attached hydrogens (tertiary/aromatic N) is 3. The van der Waals surface area contributed by atoms with E-state index in [0.717, 1.165) is 36.6 Å². The molecule has 1 aliphatic heterocycles. The highest BCUT2D eigenvalue weighted by molar-refractivity contribution is 8.14. The minimum Gasteiger partial charge on any atom is -0.337 e. The standard InChI is InChI=1S/C25H23FN4O2S/c26-19-9-11-20(12-10-19)30-23(32)21(15-18-7-3-1-4-8-18)28-24(30)33-16-22(31)29-25(17-27)13-5-2-6-14-25/h1,3-4,7-12,15H,2,5-6,13-14,16H2,(H,29,31)/b21-15+. The Kier molecular flexibility index (Phi) is 6.90. The third kappa shape index (κ3) is 5.32. The summed E-state index contributed by atoms with van der Waals surface area (Å²) in [5.74, 6) is -1.04. The Labute approximate surface area is 196 Å². The fourth-order valence-corrected chi connectivity index (χ4v) is 4.78. The van der Waals surface area contributed by atoms with Gasteiger partial charge in [-0.1, -0.05) is 61.4 Å². The van der Waals surface area contributed by atoms with Crippen LogP contribution in [0, 0.1) is 17.1 Å². The van der Waals surface area contributed by atoms with E-state index in [2.05, 4.69) is 16.4 Å². The van der Waals surface area contributed by atoms with Gasteiger partial charge < -0.3 is 5.32 Å². The van der Waals surface area contributed by atoms with Crippen LogP contribution in [0.4, 0.5) is 10.1 Å². The van der Waals surface area contributed by atoms with Crippen LogP contribution in [0.3, 0.4) is 0 Å². The first-order valence-corrected chi connectivity index (χ1v) is 11.8. The number of hydrogen-bond donors (Lipinski definition) is 1. The van der Waals surface area contributed by atoms with Crippen molar-refractivity contribution < 1.29 is 14.0 Å². The Morgan fingerprint density at radius 3 is 2.52 bits per heavy atom. The second-order valence-electron chi connectivity index (χ2n) is 8.04. The monoisotopic (exact) mass is 462 g/mol. The maximum atomic E-state index is 13.4. The summed E-state index contributed by atoms with van der Waals surface area (Å²) in [6.45, 7) is 0. The Balaban J connectivity index is 1.54. The molecule has 0 bridgehead atoms. The number of amides is 2. The lowest BCUT2D eigenvalue weighted by Gasteiger charge is -2.31. The average molecular weight is 463 g/mol. The largest absolute Gasteiger partial charge is 0.337 e. The predicted octanol–water partition coefficient (Wildman–Crippen LogP) is 4.65. The first-order valence-electron chi connectivity index (χ1n) is 10.8. The molecule has 0 atom stereocenters. The lowest BCUT2D eigenvalue weighted by atomic mass is 9.83. The summed E-state index contributed by atoms with van der Waals surface area (Å²) in [4.78, 5) is 31.7. The number of thioether (sulfide) groups is 1. The van der Waals surface area contributed by atoms with Crippen LogP contribution >= 0.6 is 11.8 Å². The van der Waals surface area contributed by atoms with Crippen molar-refractivity contribution in [2.24, 2.45) is 4.99 Å². The lowest BCUT2D eigenvalue weighted by molar-refractivity contribution is -0.120. The zero-order valence-electron chi connectivity index (χ0n) is 18.0. The molecule has 0 unspecified atom stereocenters. The number of halogens is 1. The van der Waals surface area contributed by atoms with Crippen molar-refractivity contribution in [2.45, 2.75) is 37.6 Å². The first-order chi connectivity index (χ1) is 16.0. The van der Waals surface area contributed by atoms with Crippen LogP contribution in [0.25, 0.3) is 6.08 Å². The molecule has 1 heterocycles. The summed E-state index contributed by atoms with van der Waals surface area (Å²) in [5, 5.41) is 12.8. The number of rotatable bonds is 5. The van der Waals surface area contributed by atoms with Crippen LogP contribution in [0.2, 0.25) is 0 Å². The molecule has 0 spiro atoms. The van der Waals surface area contributed by atoms with Crippen molar-refractivity contribution in [3.05, 3.63) is 71.7 Å². The van der Waals surface area contributed by atoms with Gasteiger partial charge in [0.25, 0.3) is 5.91 Å². The summed E-state index contributed by atoms with van der Waals surface area (Å²) in [6, 6.07) is 17.2. The minimum atomic E-state index is -0.821. The summed E-state index contributed by atoms with van der Waals surface area (Å²) < 4.78 is 13.4. The van der Waals surface area contributed by atoms with Gasteiger partial charge >= 0.3 is 0 Å². The van der Waals surface area contributed by atoms with E-state index in [0.29, 0.717) is 23.7 Å². The summed E-state index contributed by atoms with van der Waals surface area (Å²) in [7, 11) is 0. The molecule has 2 aromatic rings. The van der Waals surface area contributed by atoms with E-state index in [4.69, 9.17) is 0 Å². The quantitative estimate of drug-likeness (QED) is 0.656. The van der Waals surface area contributed by atoms with Crippen LogP contribution in [-0.2, 0) is 9.59 Å².